The minimum absolute atomic E-state index is 0.261. The molecule has 0 radical (unpaired) electrons. The van der Waals surface area contributed by atoms with Gasteiger partial charge in [0.1, 0.15) is 6.33 Å². The third kappa shape index (κ3) is 4.24. The highest BCUT2D eigenvalue weighted by molar-refractivity contribution is 5.99. The zero-order valence-electron chi connectivity index (χ0n) is 15.3. The van der Waals surface area contributed by atoms with Crippen LogP contribution in [0.25, 0.3) is 16.8 Å². The van der Waals surface area contributed by atoms with Crippen molar-refractivity contribution in [1.29, 1.82) is 0 Å². The van der Waals surface area contributed by atoms with Crippen molar-refractivity contribution in [1.82, 2.24) is 20.2 Å². The first-order chi connectivity index (χ1) is 14.2. The lowest BCUT2D eigenvalue weighted by Crippen LogP contribution is -2.14. The number of aromatic nitrogens is 4. The Kier molecular flexibility index (Phi) is 5.20. The molecule has 0 atom stereocenters. The highest BCUT2D eigenvalue weighted by atomic mass is 16.5. The van der Waals surface area contributed by atoms with E-state index in [1.165, 1.54) is 11.0 Å². The summed E-state index contributed by atoms with van der Waals surface area (Å²) in [5.74, 6) is -0.828. The van der Waals surface area contributed by atoms with Gasteiger partial charge in [0.05, 0.1) is 11.3 Å². The molecule has 29 heavy (non-hydrogen) atoms. The zero-order valence-corrected chi connectivity index (χ0v) is 15.3. The van der Waals surface area contributed by atoms with Crippen molar-refractivity contribution in [3.05, 3.63) is 96.3 Å². The molecule has 7 nitrogen and oxygen atoms in total. The number of benzene rings is 3. The molecule has 0 fully saturated rings. The number of esters is 1. The average molecular weight is 384 g/mol. The summed E-state index contributed by atoms with van der Waals surface area (Å²) in [6.07, 6.45) is 1.45. The van der Waals surface area contributed by atoms with Crippen LogP contribution in [0.1, 0.15) is 20.7 Å². The lowest BCUT2D eigenvalue weighted by molar-refractivity contribution is 0.0475. The third-order valence-corrected chi connectivity index (χ3v) is 4.36. The minimum atomic E-state index is -0.567. The van der Waals surface area contributed by atoms with E-state index < -0.39 is 5.97 Å². The first-order valence-corrected chi connectivity index (χ1v) is 8.90. The Morgan fingerprint density at radius 3 is 2.10 bits per heavy atom. The fourth-order valence-corrected chi connectivity index (χ4v) is 2.81. The number of carbonyl (C=O) groups excluding carboxylic acids is 2. The van der Waals surface area contributed by atoms with E-state index in [4.69, 9.17) is 4.74 Å². The number of rotatable bonds is 6. The van der Waals surface area contributed by atoms with Gasteiger partial charge >= 0.3 is 5.97 Å². The molecular formula is C22H16N4O3. The van der Waals surface area contributed by atoms with Gasteiger partial charge in [-0.2, -0.15) is 0 Å². The van der Waals surface area contributed by atoms with Crippen LogP contribution >= 0.6 is 0 Å². The predicted molar refractivity (Wildman–Crippen MR) is 106 cm³/mol. The fraction of sp³-hybridized carbons (Fsp3) is 0.0455. The number of Topliss-reactive ketones (excluding diaryl/α,β-unsaturated/α-hetero) is 1. The molecule has 0 aliphatic rings. The first kappa shape index (κ1) is 18.2. The molecule has 0 N–H and O–H groups in total. The molecule has 0 aliphatic carbocycles. The number of carbonyl (C=O) groups is 2. The van der Waals surface area contributed by atoms with Crippen LogP contribution in [0.15, 0.2) is 85.2 Å². The van der Waals surface area contributed by atoms with Crippen LogP contribution in [0, 0.1) is 0 Å². The smallest absolute Gasteiger partial charge is 0.338 e. The molecule has 4 aromatic rings. The maximum absolute atomic E-state index is 12.3. The summed E-state index contributed by atoms with van der Waals surface area (Å²) in [4.78, 5) is 24.5. The summed E-state index contributed by atoms with van der Waals surface area (Å²) in [6, 6.07) is 23.7. The van der Waals surface area contributed by atoms with Crippen molar-refractivity contribution in [2.24, 2.45) is 0 Å². The second kappa shape index (κ2) is 8.26. The van der Waals surface area contributed by atoms with Crippen LogP contribution in [-0.4, -0.2) is 38.6 Å². The topological polar surface area (TPSA) is 87.0 Å². The van der Waals surface area contributed by atoms with Gasteiger partial charge in [-0.1, -0.05) is 54.6 Å². The summed E-state index contributed by atoms with van der Waals surface area (Å²) in [6.45, 7) is -0.321. The Hall–Kier alpha value is -4.13. The van der Waals surface area contributed by atoms with Gasteiger partial charge in [-0.25, -0.2) is 9.48 Å². The van der Waals surface area contributed by atoms with Crippen LogP contribution in [-0.2, 0) is 4.74 Å². The monoisotopic (exact) mass is 384 g/mol. The lowest BCUT2D eigenvalue weighted by atomic mass is 10.0. The summed E-state index contributed by atoms with van der Waals surface area (Å²) in [5.41, 5.74) is 3.63. The fourth-order valence-electron chi connectivity index (χ4n) is 2.81. The highest BCUT2D eigenvalue weighted by Gasteiger charge is 2.12. The number of nitrogens with zero attached hydrogens (tertiary/aromatic N) is 4. The Morgan fingerprint density at radius 1 is 0.793 bits per heavy atom. The van der Waals surface area contributed by atoms with Gasteiger partial charge in [0.25, 0.3) is 0 Å². The first-order valence-electron chi connectivity index (χ1n) is 8.90. The standard InChI is InChI=1S/C22H16N4O3/c27-21(18-8-6-17(7-9-18)16-4-2-1-3-5-16)14-29-22(28)19-10-12-20(13-11-19)26-15-23-24-25-26/h1-13,15H,14H2. The maximum Gasteiger partial charge on any atom is 0.338 e. The lowest BCUT2D eigenvalue weighted by Gasteiger charge is -2.06. The second-order valence-corrected chi connectivity index (χ2v) is 6.24. The Morgan fingerprint density at radius 2 is 1.45 bits per heavy atom. The molecule has 0 bridgehead atoms. The zero-order chi connectivity index (χ0) is 20.1. The maximum atomic E-state index is 12.3. The molecule has 0 saturated heterocycles. The Labute approximate surface area is 166 Å². The molecule has 3 aromatic carbocycles. The van der Waals surface area contributed by atoms with Crippen LogP contribution < -0.4 is 0 Å². The molecule has 142 valence electrons. The van der Waals surface area contributed by atoms with E-state index in [1.807, 2.05) is 42.5 Å². The highest BCUT2D eigenvalue weighted by Crippen LogP contribution is 2.19. The molecule has 1 aromatic heterocycles. The number of hydrogen-bond donors (Lipinski definition) is 0. The van der Waals surface area contributed by atoms with Crippen molar-refractivity contribution in [2.45, 2.75) is 0 Å². The number of ether oxygens (including phenoxy) is 1. The van der Waals surface area contributed by atoms with E-state index in [0.29, 0.717) is 16.8 Å². The van der Waals surface area contributed by atoms with Gasteiger partial charge in [-0.05, 0) is 45.8 Å². The van der Waals surface area contributed by atoms with Crippen LogP contribution in [0.2, 0.25) is 0 Å². The van der Waals surface area contributed by atoms with Crippen LogP contribution in [0.3, 0.4) is 0 Å². The van der Waals surface area contributed by atoms with Gasteiger partial charge in [-0.15, -0.1) is 5.10 Å². The molecule has 0 spiro atoms. The summed E-state index contributed by atoms with van der Waals surface area (Å²) in [7, 11) is 0. The molecule has 4 rings (SSSR count). The molecule has 0 saturated carbocycles. The minimum Gasteiger partial charge on any atom is -0.454 e. The van der Waals surface area contributed by atoms with E-state index in [1.54, 1.807) is 36.4 Å². The van der Waals surface area contributed by atoms with E-state index in [-0.39, 0.29) is 12.4 Å². The molecule has 0 aliphatic heterocycles. The number of tetrazole rings is 1. The second-order valence-electron chi connectivity index (χ2n) is 6.24. The van der Waals surface area contributed by atoms with Gasteiger partial charge in [0, 0.05) is 5.56 Å². The number of ketones is 1. The van der Waals surface area contributed by atoms with E-state index >= 15 is 0 Å². The Bertz CT molecular complexity index is 1110. The van der Waals surface area contributed by atoms with E-state index in [2.05, 4.69) is 15.5 Å². The van der Waals surface area contributed by atoms with Crippen LogP contribution in [0.4, 0.5) is 0 Å². The average Bonchev–Trinajstić information content (AvgIpc) is 3.33. The summed E-state index contributed by atoms with van der Waals surface area (Å²) >= 11 is 0. The normalized spacial score (nSPS) is 10.5. The summed E-state index contributed by atoms with van der Waals surface area (Å²) < 4.78 is 6.62. The SMILES string of the molecule is O=C(COC(=O)c1ccc(-n2cnnn2)cc1)c1ccc(-c2ccccc2)cc1. The Balaban J connectivity index is 1.36. The molecule has 0 amide bonds. The van der Waals surface area contributed by atoms with Crippen molar-refractivity contribution in [2.75, 3.05) is 6.61 Å². The molecule has 1 heterocycles. The van der Waals surface area contributed by atoms with Gasteiger partial charge in [0.15, 0.2) is 12.4 Å². The number of hydrogen-bond acceptors (Lipinski definition) is 6. The molecular weight excluding hydrogens is 368 g/mol. The predicted octanol–water partition coefficient (Wildman–Crippen LogP) is 3.37. The summed E-state index contributed by atoms with van der Waals surface area (Å²) in [5, 5.41) is 10.9. The van der Waals surface area contributed by atoms with Crippen molar-refractivity contribution < 1.29 is 14.3 Å². The van der Waals surface area contributed by atoms with Gasteiger partial charge in [-0.3, -0.25) is 4.79 Å². The van der Waals surface area contributed by atoms with Crippen molar-refractivity contribution in [3.8, 4) is 16.8 Å². The third-order valence-electron chi connectivity index (χ3n) is 4.36. The van der Waals surface area contributed by atoms with Crippen molar-refractivity contribution >= 4 is 11.8 Å². The van der Waals surface area contributed by atoms with Gasteiger partial charge in [0.2, 0.25) is 0 Å². The quantitative estimate of drug-likeness (QED) is 0.374. The van der Waals surface area contributed by atoms with Crippen LogP contribution in [0.5, 0.6) is 0 Å². The molecule has 7 heteroatoms. The van der Waals surface area contributed by atoms with Gasteiger partial charge < -0.3 is 4.74 Å². The van der Waals surface area contributed by atoms with E-state index in [9.17, 15) is 9.59 Å². The van der Waals surface area contributed by atoms with Crippen molar-refractivity contribution in [3.63, 3.8) is 0 Å². The largest absolute Gasteiger partial charge is 0.454 e. The van der Waals surface area contributed by atoms with E-state index in [0.717, 1.165) is 11.1 Å². The molecule has 0 unspecified atom stereocenters.